The number of carbonyl (C=O) groups is 6. The number of carboxylic acids is 2. The molecule has 0 spiro atoms. The van der Waals surface area contributed by atoms with Gasteiger partial charge in [0.15, 0.2) is 0 Å². The minimum Gasteiger partial charge on any atom is -0.478 e. The molecular formula is C15H16O10. The Hall–Kier alpha value is -3.30. The molecule has 0 aromatic heterocycles. The van der Waals surface area contributed by atoms with E-state index in [9.17, 15) is 28.8 Å². The van der Waals surface area contributed by atoms with Gasteiger partial charge < -0.3 is 19.7 Å². The van der Waals surface area contributed by atoms with Crippen molar-refractivity contribution in [3.05, 3.63) is 23.3 Å². The zero-order chi connectivity index (χ0) is 19.6. The molecule has 0 aliphatic carbocycles. The summed E-state index contributed by atoms with van der Waals surface area (Å²) in [6, 6.07) is 0. The van der Waals surface area contributed by atoms with Gasteiger partial charge in [-0.15, -0.1) is 0 Å². The van der Waals surface area contributed by atoms with Gasteiger partial charge in [-0.05, 0) is 20.3 Å². The van der Waals surface area contributed by atoms with E-state index in [4.69, 9.17) is 10.2 Å². The SMILES string of the molecule is C/C(=C/C(=O)O)C(=O)OC(=O)CCCC(=O)OC(=O)/C(C)=C\C(=O)O. The molecule has 10 heteroatoms. The fourth-order valence-electron chi connectivity index (χ4n) is 1.34. The summed E-state index contributed by atoms with van der Waals surface area (Å²) in [6.07, 6.45) is 0.359. The predicted octanol–water partition coefficient (Wildman–Crippen LogP) is 0.358. The summed E-state index contributed by atoms with van der Waals surface area (Å²) < 4.78 is 8.71. The van der Waals surface area contributed by atoms with E-state index in [1.807, 2.05) is 0 Å². The van der Waals surface area contributed by atoms with E-state index < -0.39 is 35.8 Å². The second-order valence-electron chi connectivity index (χ2n) is 4.71. The summed E-state index contributed by atoms with van der Waals surface area (Å²) in [6.45, 7) is 2.30. The summed E-state index contributed by atoms with van der Waals surface area (Å²) in [7, 11) is 0. The van der Waals surface area contributed by atoms with E-state index in [1.165, 1.54) is 0 Å². The van der Waals surface area contributed by atoms with Crippen molar-refractivity contribution in [3.8, 4) is 0 Å². The molecule has 0 unspecified atom stereocenters. The number of ether oxygens (including phenoxy) is 2. The van der Waals surface area contributed by atoms with Crippen LogP contribution in [0, 0.1) is 0 Å². The second-order valence-corrected chi connectivity index (χ2v) is 4.71. The number of hydrogen-bond donors (Lipinski definition) is 2. The van der Waals surface area contributed by atoms with Crippen LogP contribution in [0.15, 0.2) is 23.3 Å². The molecule has 0 saturated carbocycles. The third-order valence-corrected chi connectivity index (χ3v) is 2.50. The summed E-state index contributed by atoms with van der Waals surface area (Å²) in [5.74, 6) is -6.96. The van der Waals surface area contributed by atoms with E-state index in [0.29, 0.717) is 12.2 Å². The lowest BCUT2D eigenvalue weighted by atomic mass is 10.2. The van der Waals surface area contributed by atoms with Crippen LogP contribution in [0.5, 0.6) is 0 Å². The molecule has 0 aliphatic rings. The molecule has 0 aliphatic heterocycles. The molecule has 2 N–H and O–H groups in total. The van der Waals surface area contributed by atoms with Gasteiger partial charge in [0, 0.05) is 36.1 Å². The van der Waals surface area contributed by atoms with Crippen molar-refractivity contribution in [2.45, 2.75) is 33.1 Å². The third-order valence-electron chi connectivity index (χ3n) is 2.50. The van der Waals surface area contributed by atoms with Crippen molar-refractivity contribution in [3.63, 3.8) is 0 Å². The van der Waals surface area contributed by atoms with Gasteiger partial charge in [-0.1, -0.05) is 0 Å². The van der Waals surface area contributed by atoms with Crippen molar-refractivity contribution >= 4 is 35.8 Å². The van der Waals surface area contributed by atoms with Crippen molar-refractivity contribution in [2.75, 3.05) is 0 Å². The Bertz CT molecular complexity index is 597. The molecule has 0 heterocycles. The van der Waals surface area contributed by atoms with Gasteiger partial charge in [0.1, 0.15) is 0 Å². The lowest BCUT2D eigenvalue weighted by Gasteiger charge is -2.04. The largest absolute Gasteiger partial charge is 0.478 e. The average Bonchev–Trinajstić information content (AvgIpc) is 2.45. The summed E-state index contributed by atoms with van der Waals surface area (Å²) >= 11 is 0. The third kappa shape index (κ3) is 10.2. The highest BCUT2D eigenvalue weighted by molar-refractivity contribution is 6.00. The van der Waals surface area contributed by atoms with Crippen LogP contribution in [0.4, 0.5) is 0 Å². The van der Waals surface area contributed by atoms with Gasteiger partial charge in [-0.25, -0.2) is 19.2 Å². The molecular weight excluding hydrogens is 340 g/mol. The smallest absolute Gasteiger partial charge is 0.341 e. The van der Waals surface area contributed by atoms with Crippen molar-refractivity contribution in [2.24, 2.45) is 0 Å². The number of carbonyl (C=O) groups excluding carboxylic acids is 4. The molecule has 0 rings (SSSR count). The number of aliphatic carboxylic acids is 2. The second kappa shape index (κ2) is 10.5. The first-order valence-corrected chi connectivity index (χ1v) is 6.85. The van der Waals surface area contributed by atoms with E-state index in [2.05, 4.69) is 9.47 Å². The minimum absolute atomic E-state index is 0.0956. The summed E-state index contributed by atoms with van der Waals surface area (Å²) in [5.41, 5.74) is -0.571. The monoisotopic (exact) mass is 356 g/mol. The first kappa shape index (κ1) is 21.7. The standard InChI is InChI=1S/C15H16O10/c1-8(6-10(16)17)14(22)24-12(20)4-3-5-13(21)25-15(23)9(2)7-11(18)19/h6-7H,3-5H2,1-2H3,(H,16,17)(H,18,19)/b8-6-,9-7-. The maximum absolute atomic E-state index is 11.4. The molecule has 0 aromatic rings. The number of rotatable bonds is 8. The molecule has 0 fully saturated rings. The fourth-order valence-corrected chi connectivity index (χ4v) is 1.34. The Morgan fingerprint density at radius 3 is 1.32 bits per heavy atom. The van der Waals surface area contributed by atoms with Crippen LogP contribution in [0.25, 0.3) is 0 Å². The molecule has 136 valence electrons. The number of carboxylic acid groups (broad SMARTS) is 2. The Morgan fingerprint density at radius 2 is 1.04 bits per heavy atom. The van der Waals surface area contributed by atoms with Crippen LogP contribution in [0.3, 0.4) is 0 Å². The maximum Gasteiger partial charge on any atom is 0.341 e. The molecule has 0 bridgehead atoms. The molecule has 0 atom stereocenters. The predicted molar refractivity (Wildman–Crippen MR) is 78.8 cm³/mol. The Labute approximate surface area is 141 Å². The highest BCUT2D eigenvalue weighted by Crippen LogP contribution is 2.05. The van der Waals surface area contributed by atoms with Gasteiger partial charge in [-0.2, -0.15) is 0 Å². The van der Waals surface area contributed by atoms with Crippen LogP contribution < -0.4 is 0 Å². The van der Waals surface area contributed by atoms with E-state index in [1.54, 1.807) is 0 Å². The van der Waals surface area contributed by atoms with Gasteiger partial charge in [-0.3, -0.25) is 9.59 Å². The first-order chi connectivity index (χ1) is 11.5. The van der Waals surface area contributed by atoms with Crippen LogP contribution in [0.2, 0.25) is 0 Å². The van der Waals surface area contributed by atoms with Crippen LogP contribution in [-0.2, 0) is 38.2 Å². The number of hydrogen-bond acceptors (Lipinski definition) is 8. The van der Waals surface area contributed by atoms with E-state index >= 15 is 0 Å². The Morgan fingerprint density at radius 1 is 0.720 bits per heavy atom. The summed E-state index contributed by atoms with van der Waals surface area (Å²) in [4.78, 5) is 66.1. The van der Waals surface area contributed by atoms with Crippen LogP contribution >= 0.6 is 0 Å². The zero-order valence-electron chi connectivity index (χ0n) is 13.4. The fraction of sp³-hybridized carbons (Fsp3) is 0.333. The van der Waals surface area contributed by atoms with Crippen molar-refractivity contribution < 1.29 is 48.5 Å². The zero-order valence-corrected chi connectivity index (χ0v) is 13.4. The van der Waals surface area contributed by atoms with Gasteiger partial charge in [0.05, 0.1) is 0 Å². The Kier molecular flexibility index (Phi) is 9.09. The quantitative estimate of drug-likeness (QED) is 0.353. The maximum atomic E-state index is 11.4. The molecule has 0 amide bonds. The Balaban J connectivity index is 4.26. The van der Waals surface area contributed by atoms with Crippen LogP contribution in [0.1, 0.15) is 33.1 Å². The first-order valence-electron chi connectivity index (χ1n) is 6.85. The highest BCUT2D eigenvalue weighted by atomic mass is 16.6. The molecule has 0 radical (unpaired) electrons. The van der Waals surface area contributed by atoms with Crippen molar-refractivity contribution in [1.29, 1.82) is 0 Å². The van der Waals surface area contributed by atoms with Gasteiger partial charge in [0.2, 0.25) is 0 Å². The molecule has 25 heavy (non-hydrogen) atoms. The lowest BCUT2D eigenvalue weighted by Crippen LogP contribution is -2.16. The minimum atomic E-state index is -1.37. The molecule has 10 nitrogen and oxygen atoms in total. The van der Waals surface area contributed by atoms with Gasteiger partial charge in [0.25, 0.3) is 0 Å². The van der Waals surface area contributed by atoms with Crippen molar-refractivity contribution in [1.82, 2.24) is 0 Å². The highest BCUT2D eigenvalue weighted by Gasteiger charge is 2.16. The van der Waals surface area contributed by atoms with Gasteiger partial charge >= 0.3 is 35.8 Å². The molecule has 0 aromatic carbocycles. The van der Waals surface area contributed by atoms with Crippen LogP contribution in [-0.4, -0.2) is 46.0 Å². The topological polar surface area (TPSA) is 161 Å². The summed E-state index contributed by atoms with van der Waals surface area (Å²) in [5, 5.41) is 16.9. The number of esters is 4. The van der Waals surface area contributed by atoms with E-state index in [-0.39, 0.29) is 30.4 Å². The van der Waals surface area contributed by atoms with E-state index in [0.717, 1.165) is 13.8 Å². The molecule has 0 saturated heterocycles. The average molecular weight is 356 g/mol. The lowest BCUT2D eigenvalue weighted by molar-refractivity contribution is -0.157. The normalized spacial score (nSPS) is 11.4.